The molecular formula is C13H19BrN2OS. The van der Waals surface area contributed by atoms with E-state index in [4.69, 9.17) is 0 Å². The highest BCUT2D eigenvalue weighted by Crippen LogP contribution is 2.22. The highest BCUT2D eigenvalue weighted by Gasteiger charge is 2.23. The highest BCUT2D eigenvalue weighted by atomic mass is 79.9. The van der Waals surface area contributed by atoms with Crippen LogP contribution in [0.3, 0.4) is 0 Å². The SMILES string of the molecule is C=CC[C@H](NS(=O)C(C)(C)C)c1cncc(Br)c1. The second-order valence-electron chi connectivity index (χ2n) is 5.01. The Bertz CT molecular complexity index is 443. The van der Waals surface area contributed by atoms with Crippen LogP contribution in [0.2, 0.25) is 0 Å². The van der Waals surface area contributed by atoms with Gasteiger partial charge in [-0.2, -0.15) is 0 Å². The van der Waals surface area contributed by atoms with Crippen molar-refractivity contribution in [1.29, 1.82) is 0 Å². The maximum atomic E-state index is 12.1. The molecular weight excluding hydrogens is 312 g/mol. The number of pyridine rings is 1. The molecule has 0 radical (unpaired) electrons. The van der Waals surface area contributed by atoms with Gasteiger partial charge >= 0.3 is 0 Å². The Labute approximate surface area is 120 Å². The number of aromatic nitrogens is 1. The fourth-order valence-electron chi connectivity index (χ4n) is 1.34. The third-order valence-electron chi connectivity index (χ3n) is 2.34. The summed E-state index contributed by atoms with van der Waals surface area (Å²) in [5, 5.41) is 0. The van der Waals surface area contributed by atoms with Gasteiger partial charge in [0.25, 0.3) is 0 Å². The number of hydrogen-bond donors (Lipinski definition) is 1. The van der Waals surface area contributed by atoms with Crippen LogP contribution in [-0.2, 0) is 11.0 Å². The lowest BCUT2D eigenvalue weighted by molar-refractivity contribution is 0.600. The quantitative estimate of drug-likeness (QED) is 0.839. The summed E-state index contributed by atoms with van der Waals surface area (Å²) >= 11 is 3.40. The van der Waals surface area contributed by atoms with E-state index in [-0.39, 0.29) is 10.8 Å². The first-order valence-electron chi connectivity index (χ1n) is 5.74. The molecule has 0 spiro atoms. The van der Waals surface area contributed by atoms with Gasteiger partial charge < -0.3 is 0 Å². The molecule has 0 aliphatic rings. The topological polar surface area (TPSA) is 42.0 Å². The average molecular weight is 331 g/mol. The van der Waals surface area contributed by atoms with Crippen molar-refractivity contribution in [3.8, 4) is 0 Å². The van der Waals surface area contributed by atoms with E-state index in [1.807, 2.05) is 32.9 Å². The molecule has 0 aliphatic heterocycles. The van der Waals surface area contributed by atoms with Crippen molar-refractivity contribution >= 4 is 26.9 Å². The number of hydrogen-bond acceptors (Lipinski definition) is 2. The van der Waals surface area contributed by atoms with Gasteiger partial charge in [0.15, 0.2) is 0 Å². The molecule has 1 rings (SSSR count). The summed E-state index contributed by atoms with van der Waals surface area (Å²) in [7, 11) is -1.12. The molecule has 0 amide bonds. The number of nitrogens with one attached hydrogen (secondary N) is 1. The molecule has 1 unspecified atom stereocenters. The summed E-state index contributed by atoms with van der Waals surface area (Å²) < 4.78 is 15.9. The number of nitrogens with zero attached hydrogens (tertiary/aromatic N) is 1. The molecule has 1 aromatic heterocycles. The molecule has 0 saturated carbocycles. The lowest BCUT2D eigenvalue weighted by Gasteiger charge is -2.23. The van der Waals surface area contributed by atoms with Crippen molar-refractivity contribution in [3.63, 3.8) is 0 Å². The van der Waals surface area contributed by atoms with Crippen molar-refractivity contribution in [1.82, 2.24) is 9.71 Å². The zero-order valence-electron chi connectivity index (χ0n) is 10.9. The van der Waals surface area contributed by atoms with Crippen molar-refractivity contribution in [2.24, 2.45) is 0 Å². The van der Waals surface area contributed by atoms with Gasteiger partial charge in [0.1, 0.15) is 0 Å². The van der Waals surface area contributed by atoms with Crippen LogP contribution in [0.25, 0.3) is 0 Å². The summed E-state index contributed by atoms with van der Waals surface area (Å²) in [5.41, 5.74) is 1.00. The van der Waals surface area contributed by atoms with Crippen molar-refractivity contribution in [2.45, 2.75) is 38.0 Å². The molecule has 5 heteroatoms. The van der Waals surface area contributed by atoms with Gasteiger partial charge in [0.2, 0.25) is 0 Å². The van der Waals surface area contributed by atoms with E-state index in [1.54, 1.807) is 12.4 Å². The van der Waals surface area contributed by atoms with Crippen LogP contribution in [0.1, 0.15) is 38.8 Å². The van der Waals surface area contributed by atoms with Gasteiger partial charge in [0.05, 0.1) is 15.7 Å². The van der Waals surface area contributed by atoms with Crippen LogP contribution in [0.4, 0.5) is 0 Å². The Morgan fingerprint density at radius 2 is 2.22 bits per heavy atom. The van der Waals surface area contributed by atoms with Crippen molar-refractivity contribution < 1.29 is 4.21 Å². The maximum Gasteiger partial charge on any atom is 0.0976 e. The van der Waals surface area contributed by atoms with Crippen LogP contribution >= 0.6 is 15.9 Å². The van der Waals surface area contributed by atoms with Crippen molar-refractivity contribution in [3.05, 3.63) is 41.2 Å². The zero-order chi connectivity index (χ0) is 13.8. The smallest absolute Gasteiger partial charge is 0.0976 e. The normalized spacial score (nSPS) is 15.1. The first kappa shape index (κ1) is 15.5. The number of rotatable bonds is 5. The Hall–Kier alpha value is -0.520. The minimum absolute atomic E-state index is 0.0347. The van der Waals surface area contributed by atoms with Gasteiger partial charge in [-0.05, 0) is 54.8 Å². The predicted molar refractivity (Wildman–Crippen MR) is 80.5 cm³/mol. The fourth-order valence-corrected chi connectivity index (χ4v) is 2.57. The predicted octanol–water partition coefficient (Wildman–Crippen LogP) is 3.51. The molecule has 0 aromatic carbocycles. The van der Waals surface area contributed by atoms with Crippen LogP contribution in [0.5, 0.6) is 0 Å². The fraction of sp³-hybridized carbons (Fsp3) is 0.462. The molecule has 100 valence electrons. The standard InChI is InChI=1S/C13H19BrN2OS/c1-5-6-12(16-18(17)13(2,3)4)10-7-11(14)9-15-8-10/h5,7-9,12,16H,1,6H2,2-4H3/t12-,18?/m0/s1. The third-order valence-corrected chi connectivity index (χ3v) is 4.38. The molecule has 0 fully saturated rings. The molecule has 1 N–H and O–H groups in total. The summed E-state index contributed by atoms with van der Waals surface area (Å²) in [5.74, 6) is 0. The van der Waals surface area contributed by atoms with Crippen LogP contribution < -0.4 is 4.72 Å². The van der Waals surface area contributed by atoms with E-state index in [1.165, 1.54) is 0 Å². The van der Waals surface area contributed by atoms with Crippen LogP contribution in [0.15, 0.2) is 35.6 Å². The van der Waals surface area contributed by atoms with Gasteiger partial charge in [0, 0.05) is 22.9 Å². The minimum atomic E-state index is -1.12. The Kier molecular flexibility index (Phi) is 5.69. The van der Waals surface area contributed by atoms with Gasteiger partial charge in [-0.25, -0.2) is 8.93 Å². The summed E-state index contributed by atoms with van der Waals surface area (Å²) in [6.07, 6.45) is 6.04. The Morgan fingerprint density at radius 3 is 2.72 bits per heavy atom. The van der Waals surface area contributed by atoms with E-state index >= 15 is 0 Å². The van der Waals surface area contributed by atoms with Gasteiger partial charge in [-0.1, -0.05) is 6.08 Å². The first-order chi connectivity index (χ1) is 8.34. The molecule has 0 saturated heterocycles. The minimum Gasteiger partial charge on any atom is -0.263 e. The molecule has 1 aromatic rings. The molecule has 1 heterocycles. The van der Waals surface area contributed by atoms with E-state index < -0.39 is 11.0 Å². The van der Waals surface area contributed by atoms with Gasteiger partial charge in [-0.3, -0.25) is 4.98 Å². The van der Waals surface area contributed by atoms with E-state index in [0.717, 1.165) is 10.0 Å². The zero-order valence-corrected chi connectivity index (χ0v) is 13.3. The molecule has 18 heavy (non-hydrogen) atoms. The second-order valence-corrected chi connectivity index (χ2v) is 7.93. The van der Waals surface area contributed by atoms with Crippen molar-refractivity contribution in [2.75, 3.05) is 0 Å². The molecule has 0 aliphatic carbocycles. The summed E-state index contributed by atoms with van der Waals surface area (Å²) in [4.78, 5) is 4.14. The summed E-state index contributed by atoms with van der Waals surface area (Å²) in [6, 6.07) is 1.95. The van der Waals surface area contributed by atoms with Crippen LogP contribution in [-0.4, -0.2) is 13.9 Å². The highest BCUT2D eigenvalue weighted by molar-refractivity contribution is 9.10. The molecule has 0 bridgehead atoms. The Balaban J connectivity index is 2.90. The molecule has 2 atom stereocenters. The largest absolute Gasteiger partial charge is 0.263 e. The van der Waals surface area contributed by atoms with E-state index in [2.05, 4.69) is 32.2 Å². The second kappa shape index (κ2) is 6.59. The third kappa shape index (κ3) is 4.63. The average Bonchev–Trinajstić information content (AvgIpc) is 2.27. The first-order valence-corrected chi connectivity index (χ1v) is 7.68. The summed E-state index contributed by atoms with van der Waals surface area (Å²) in [6.45, 7) is 9.58. The van der Waals surface area contributed by atoms with Crippen LogP contribution in [0, 0.1) is 0 Å². The Morgan fingerprint density at radius 1 is 1.56 bits per heavy atom. The lowest BCUT2D eigenvalue weighted by Crippen LogP contribution is -2.35. The van der Waals surface area contributed by atoms with Gasteiger partial charge in [-0.15, -0.1) is 6.58 Å². The van der Waals surface area contributed by atoms with E-state index in [9.17, 15) is 4.21 Å². The maximum absolute atomic E-state index is 12.1. The molecule has 3 nitrogen and oxygen atoms in total. The lowest BCUT2D eigenvalue weighted by atomic mass is 10.1. The van der Waals surface area contributed by atoms with E-state index in [0.29, 0.717) is 6.42 Å². The monoisotopic (exact) mass is 330 g/mol. The number of halogens is 1.